The second-order valence-corrected chi connectivity index (χ2v) is 6.81. The summed E-state index contributed by atoms with van der Waals surface area (Å²) in [6.07, 6.45) is 0. The van der Waals surface area contributed by atoms with Crippen LogP contribution in [0.5, 0.6) is 11.5 Å². The molecule has 1 aromatic carbocycles. The molecule has 0 aliphatic heterocycles. The number of benzene rings is 1. The maximum Gasteiger partial charge on any atom is 0.338 e. The summed E-state index contributed by atoms with van der Waals surface area (Å²) in [6.45, 7) is 1.14. The molecule has 0 atom stereocenters. The number of methoxy groups -OCH3 is 2. The number of pyridine rings is 1. The zero-order valence-corrected chi connectivity index (χ0v) is 17.7. The minimum absolute atomic E-state index is 0.131. The van der Waals surface area contributed by atoms with E-state index in [1.807, 2.05) is 0 Å². The van der Waals surface area contributed by atoms with Gasteiger partial charge in [-0.15, -0.1) is 0 Å². The van der Waals surface area contributed by atoms with Gasteiger partial charge >= 0.3 is 5.97 Å². The minimum Gasteiger partial charge on any atom is -0.495 e. The summed E-state index contributed by atoms with van der Waals surface area (Å²) in [7, 11) is 2.90. The number of rotatable bonds is 6. The standard InChI is InChI=1S/C17H15BrCl2N2O5/c1-8-10(19)6-11(20)16(21-8)22-14(23)7-27-17(24)9-4-12(25-2)15(18)13(5-9)26-3/h4-6H,7H2,1-3H3,(H,21,22,23). The molecule has 2 aromatic rings. The molecule has 1 heterocycles. The van der Waals surface area contributed by atoms with E-state index < -0.39 is 18.5 Å². The normalized spacial score (nSPS) is 10.3. The average molecular weight is 478 g/mol. The van der Waals surface area contributed by atoms with E-state index in [2.05, 4.69) is 26.2 Å². The predicted octanol–water partition coefficient (Wildman–Crippen LogP) is 4.27. The van der Waals surface area contributed by atoms with Gasteiger partial charge in [0.1, 0.15) is 16.0 Å². The van der Waals surface area contributed by atoms with Crippen molar-refractivity contribution >= 4 is 56.8 Å². The quantitative estimate of drug-likeness (QED) is 0.625. The van der Waals surface area contributed by atoms with Crippen LogP contribution in [0.2, 0.25) is 10.0 Å². The maximum atomic E-state index is 12.2. The Balaban J connectivity index is 2.05. The van der Waals surface area contributed by atoms with Gasteiger partial charge < -0.3 is 19.5 Å². The van der Waals surface area contributed by atoms with Crippen LogP contribution in [0.25, 0.3) is 0 Å². The van der Waals surface area contributed by atoms with Gasteiger partial charge in [0.05, 0.1) is 35.5 Å². The zero-order valence-electron chi connectivity index (χ0n) is 14.6. The molecule has 7 nitrogen and oxygen atoms in total. The monoisotopic (exact) mass is 476 g/mol. The van der Waals surface area contributed by atoms with E-state index in [1.165, 1.54) is 32.4 Å². The molecule has 0 bridgehead atoms. The first-order valence-corrected chi connectivity index (χ1v) is 9.02. The van der Waals surface area contributed by atoms with Crippen LogP contribution in [0.4, 0.5) is 5.82 Å². The molecule has 1 N–H and O–H groups in total. The highest BCUT2D eigenvalue weighted by atomic mass is 79.9. The van der Waals surface area contributed by atoms with Gasteiger partial charge in [-0.1, -0.05) is 23.2 Å². The topological polar surface area (TPSA) is 86.8 Å². The Hall–Kier alpha value is -2.03. The van der Waals surface area contributed by atoms with E-state index in [9.17, 15) is 9.59 Å². The molecule has 0 unspecified atom stereocenters. The first kappa shape index (κ1) is 21.3. The molecule has 0 saturated carbocycles. The van der Waals surface area contributed by atoms with Crippen LogP contribution < -0.4 is 14.8 Å². The van der Waals surface area contributed by atoms with E-state index >= 15 is 0 Å². The Morgan fingerprint density at radius 2 is 1.70 bits per heavy atom. The summed E-state index contributed by atoms with van der Waals surface area (Å²) in [6, 6.07) is 4.40. The van der Waals surface area contributed by atoms with Crippen LogP contribution in [-0.2, 0) is 9.53 Å². The minimum atomic E-state index is -0.722. The van der Waals surface area contributed by atoms with Gasteiger partial charge in [-0.05, 0) is 41.1 Å². The average Bonchev–Trinajstić information content (AvgIpc) is 2.64. The predicted molar refractivity (Wildman–Crippen MR) is 105 cm³/mol. The lowest BCUT2D eigenvalue weighted by molar-refractivity contribution is -0.119. The van der Waals surface area contributed by atoms with Gasteiger partial charge in [-0.2, -0.15) is 0 Å². The molecule has 0 fully saturated rings. The molecule has 0 aliphatic rings. The Kier molecular flexibility index (Phi) is 7.29. The van der Waals surface area contributed by atoms with Gasteiger partial charge in [-0.25, -0.2) is 9.78 Å². The summed E-state index contributed by atoms with van der Waals surface area (Å²) in [5.41, 5.74) is 0.667. The Bertz CT molecular complexity index is 867. The van der Waals surface area contributed by atoms with Crippen molar-refractivity contribution in [2.24, 2.45) is 0 Å². The van der Waals surface area contributed by atoms with Crippen LogP contribution >= 0.6 is 39.1 Å². The number of carbonyl (C=O) groups is 2. The number of halogens is 3. The number of nitrogens with one attached hydrogen (secondary N) is 1. The van der Waals surface area contributed by atoms with Crippen molar-refractivity contribution < 1.29 is 23.8 Å². The van der Waals surface area contributed by atoms with Crippen molar-refractivity contribution in [3.05, 3.63) is 44.0 Å². The zero-order chi connectivity index (χ0) is 20.1. The molecule has 0 aliphatic carbocycles. The van der Waals surface area contributed by atoms with Crippen molar-refractivity contribution in [2.75, 3.05) is 26.1 Å². The Morgan fingerprint density at radius 3 is 2.26 bits per heavy atom. The number of esters is 1. The van der Waals surface area contributed by atoms with E-state index in [-0.39, 0.29) is 16.4 Å². The fraction of sp³-hybridized carbons (Fsp3) is 0.235. The number of aromatic nitrogens is 1. The van der Waals surface area contributed by atoms with E-state index in [0.717, 1.165) is 0 Å². The van der Waals surface area contributed by atoms with E-state index in [0.29, 0.717) is 26.7 Å². The SMILES string of the molecule is COc1cc(C(=O)OCC(=O)Nc2nc(C)c(Cl)cc2Cl)cc(OC)c1Br. The van der Waals surface area contributed by atoms with Crippen molar-refractivity contribution in [1.82, 2.24) is 4.98 Å². The summed E-state index contributed by atoms with van der Waals surface area (Å²) in [5.74, 6) is -0.417. The van der Waals surface area contributed by atoms with Gasteiger partial charge in [0.2, 0.25) is 0 Å². The van der Waals surface area contributed by atoms with Gasteiger partial charge in [0.15, 0.2) is 12.4 Å². The van der Waals surface area contributed by atoms with Crippen molar-refractivity contribution in [3.63, 3.8) is 0 Å². The van der Waals surface area contributed by atoms with Crippen LogP contribution in [0.15, 0.2) is 22.7 Å². The van der Waals surface area contributed by atoms with E-state index in [4.69, 9.17) is 37.4 Å². The molecule has 144 valence electrons. The maximum absolute atomic E-state index is 12.2. The van der Waals surface area contributed by atoms with Gasteiger partial charge in [0, 0.05) is 0 Å². The van der Waals surface area contributed by atoms with Crippen molar-refractivity contribution in [3.8, 4) is 11.5 Å². The lowest BCUT2D eigenvalue weighted by atomic mass is 10.2. The highest BCUT2D eigenvalue weighted by Gasteiger charge is 2.17. The number of nitrogens with zero attached hydrogens (tertiary/aromatic N) is 1. The number of amides is 1. The molecule has 10 heteroatoms. The number of aryl methyl sites for hydroxylation is 1. The lowest BCUT2D eigenvalue weighted by Gasteiger charge is -2.12. The second-order valence-electron chi connectivity index (χ2n) is 5.21. The smallest absolute Gasteiger partial charge is 0.338 e. The van der Waals surface area contributed by atoms with Gasteiger partial charge in [0.25, 0.3) is 5.91 Å². The van der Waals surface area contributed by atoms with E-state index in [1.54, 1.807) is 6.92 Å². The first-order chi connectivity index (χ1) is 12.8. The summed E-state index contributed by atoms with van der Waals surface area (Å²) in [5, 5.41) is 3.02. The molecule has 0 spiro atoms. The summed E-state index contributed by atoms with van der Waals surface area (Å²) in [4.78, 5) is 28.3. The van der Waals surface area contributed by atoms with Crippen LogP contribution in [0, 0.1) is 6.92 Å². The fourth-order valence-corrected chi connectivity index (χ4v) is 2.97. The molecular formula is C17H15BrCl2N2O5. The summed E-state index contributed by atoms with van der Waals surface area (Å²) >= 11 is 15.2. The molecule has 27 heavy (non-hydrogen) atoms. The number of carbonyl (C=O) groups excluding carboxylic acids is 2. The Labute approximate surface area is 174 Å². The number of ether oxygens (including phenoxy) is 3. The van der Waals surface area contributed by atoms with Gasteiger partial charge in [-0.3, -0.25) is 4.79 Å². The molecular weight excluding hydrogens is 463 g/mol. The molecule has 2 rings (SSSR count). The van der Waals surface area contributed by atoms with Crippen molar-refractivity contribution in [2.45, 2.75) is 6.92 Å². The second kappa shape index (κ2) is 9.25. The Morgan fingerprint density at radius 1 is 1.11 bits per heavy atom. The van der Waals surface area contributed by atoms with Crippen molar-refractivity contribution in [1.29, 1.82) is 0 Å². The van der Waals surface area contributed by atoms with Crippen LogP contribution in [-0.4, -0.2) is 37.7 Å². The molecule has 0 saturated heterocycles. The third kappa shape index (κ3) is 5.24. The number of hydrogen-bond donors (Lipinski definition) is 1. The lowest BCUT2D eigenvalue weighted by Crippen LogP contribution is -2.22. The summed E-state index contributed by atoms with van der Waals surface area (Å²) < 4.78 is 15.9. The number of hydrogen-bond acceptors (Lipinski definition) is 6. The highest BCUT2D eigenvalue weighted by molar-refractivity contribution is 9.10. The molecule has 1 amide bonds. The highest BCUT2D eigenvalue weighted by Crippen LogP contribution is 2.35. The molecule has 0 radical (unpaired) electrons. The molecule has 1 aromatic heterocycles. The largest absolute Gasteiger partial charge is 0.495 e. The van der Waals surface area contributed by atoms with Crippen LogP contribution in [0.3, 0.4) is 0 Å². The first-order valence-electron chi connectivity index (χ1n) is 7.48. The third-order valence-corrected chi connectivity index (χ3v) is 4.83. The van der Waals surface area contributed by atoms with Crippen LogP contribution in [0.1, 0.15) is 16.1 Å². The number of anilines is 1. The fourth-order valence-electron chi connectivity index (χ4n) is 2.02. The third-order valence-electron chi connectivity index (χ3n) is 3.38.